The molecule has 0 aliphatic rings. The highest BCUT2D eigenvalue weighted by Crippen LogP contribution is 2.20. The number of hydrogen-bond acceptors (Lipinski definition) is 2. The molecule has 0 saturated heterocycles. The van der Waals surface area contributed by atoms with Crippen molar-refractivity contribution in [2.45, 2.75) is 33.1 Å². The number of hydrogen-bond donors (Lipinski definition) is 1. The first-order chi connectivity index (χ1) is 11.9. The van der Waals surface area contributed by atoms with Crippen molar-refractivity contribution in [3.8, 4) is 0 Å². The Morgan fingerprint density at radius 3 is 2.20 bits per heavy atom. The Bertz CT molecular complexity index is 721. The number of nitrogens with one attached hydrogen (secondary N) is 1. The zero-order valence-electron chi connectivity index (χ0n) is 15.4. The lowest BCUT2D eigenvalue weighted by molar-refractivity contribution is -0.133. The van der Waals surface area contributed by atoms with Gasteiger partial charge in [0.25, 0.3) is 0 Å². The van der Waals surface area contributed by atoms with Crippen LogP contribution < -0.4 is 5.32 Å². The maximum atomic E-state index is 12.4. The van der Waals surface area contributed by atoms with E-state index in [4.69, 9.17) is 0 Å². The predicted octanol–water partition coefficient (Wildman–Crippen LogP) is 3.89. The summed E-state index contributed by atoms with van der Waals surface area (Å²) in [6.07, 6.45) is 0.386. The number of aryl methyl sites for hydroxylation is 2. The molecule has 2 aromatic carbocycles. The lowest BCUT2D eigenvalue weighted by Crippen LogP contribution is -2.35. The highest BCUT2D eigenvalue weighted by molar-refractivity contribution is 5.95. The third kappa shape index (κ3) is 5.18. The summed E-state index contributed by atoms with van der Waals surface area (Å²) < 4.78 is 0. The minimum Gasteiger partial charge on any atom is -0.336 e. The van der Waals surface area contributed by atoms with E-state index in [2.05, 4.69) is 5.32 Å². The first kappa shape index (κ1) is 18.7. The van der Waals surface area contributed by atoms with E-state index in [1.807, 2.05) is 69.3 Å². The van der Waals surface area contributed by atoms with Crippen LogP contribution in [0.15, 0.2) is 48.5 Å². The van der Waals surface area contributed by atoms with Gasteiger partial charge < -0.3 is 10.2 Å². The molecule has 0 heterocycles. The van der Waals surface area contributed by atoms with E-state index in [0.717, 1.165) is 22.4 Å². The van der Waals surface area contributed by atoms with Crippen LogP contribution in [0.25, 0.3) is 0 Å². The van der Waals surface area contributed by atoms with Crippen molar-refractivity contribution in [2.24, 2.45) is 0 Å². The van der Waals surface area contributed by atoms with E-state index in [-0.39, 0.29) is 24.3 Å². The largest absolute Gasteiger partial charge is 0.336 e. The molecule has 2 aromatic rings. The van der Waals surface area contributed by atoms with E-state index in [0.29, 0.717) is 6.42 Å². The average molecular weight is 338 g/mol. The lowest BCUT2D eigenvalue weighted by atomic mass is 9.97. The zero-order chi connectivity index (χ0) is 18.4. The Morgan fingerprint density at radius 1 is 1.00 bits per heavy atom. The van der Waals surface area contributed by atoms with Gasteiger partial charge in [0.15, 0.2) is 0 Å². The van der Waals surface area contributed by atoms with Crippen molar-refractivity contribution in [2.75, 3.05) is 18.9 Å². The second-order valence-electron chi connectivity index (χ2n) is 6.58. The van der Waals surface area contributed by atoms with Gasteiger partial charge in [0, 0.05) is 19.2 Å². The van der Waals surface area contributed by atoms with Gasteiger partial charge in [0.2, 0.25) is 11.8 Å². The summed E-state index contributed by atoms with van der Waals surface area (Å²) in [4.78, 5) is 26.2. The normalized spacial score (nSPS) is 11.7. The molecule has 0 radical (unpaired) electrons. The van der Waals surface area contributed by atoms with Gasteiger partial charge in [-0.25, -0.2) is 0 Å². The Labute approximate surface area is 149 Å². The fourth-order valence-corrected chi connectivity index (χ4v) is 2.81. The summed E-state index contributed by atoms with van der Waals surface area (Å²) in [6.45, 7) is 5.99. The van der Waals surface area contributed by atoms with Crippen LogP contribution in [0.5, 0.6) is 0 Å². The Morgan fingerprint density at radius 2 is 1.60 bits per heavy atom. The minimum atomic E-state index is -0.180. The third-order valence-electron chi connectivity index (χ3n) is 4.40. The first-order valence-corrected chi connectivity index (χ1v) is 8.53. The number of carbonyl (C=O) groups is 2. The molecule has 1 atom stereocenters. The third-order valence-corrected chi connectivity index (χ3v) is 4.40. The quantitative estimate of drug-likeness (QED) is 0.868. The molecule has 0 aliphatic heterocycles. The second-order valence-corrected chi connectivity index (χ2v) is 6.58. The molecule has 0 bridgehead atoms. The Hall–Kier alpha value is -2.62. The number of amides is 2. The Balaban J connectivity index is 1.91. The minimum absolute atomic E-state index is 0.0343. The van der Waals surface area contributed by atoms with Crippen LogP contribution in [0.1, 0.15) is 36.0 Å². The maximum Gasteiger partial charge on any atom is 0.243 e. The highest BCUT2D eigenvalue weighted by Gasteiger charge is 2.17. The molecule has 0 spiro atoms. The molecular formula is C21H26N2O2. The standard InChI is InChI=1S/C21H26N2O2/c1-15-9-8-10-16(2)21(15)22-19(24)14-23(4)20(25)13-17(3)18-11-6-5-7-12-18/h5-12,17H,13-14H2,1-4H3,(H,22,24). The number of para-hydroxylation sites is 1. The van der Waals surface area contributed by atoms with Crippen molar-refractivity contribution < 1.29 is 9.59 Å². The molecule has 0 aromatic heterocycles. The van der Waals surface area contributed by atoms with E-state index in [1.165, 1.54) is 4.90 Å². The van der Waals surface area contributed by atoms with Crippen LogP contribution in [-0.4, -0.2) is 30.3 Å². The molecule has 1 N–H and O–H groups in total. The van der Waals surface area contributed by atoms with Gasteiger partial charge in [0.1, 0.15) is 0 Å². The van der Waals surface area contributed by atoms with Gasteiger partial charge in [-0.2, -0.15) is 0 Å². The first-order valence-electron chi connectivity index (χ1n) is 8.53. The smallest absolute Gasteiger partial charge is 0.243 e. The van der Waals surface area contributed by atoms with E-state index < -0.39 is 0 Å². The summed E-state index contributed by atoms with van der Waals surface area (Å²) in [5, 5.41) is 2.92. The molecule has 0 fully saturated rings. The van der Waals surface area contributed by atoms with Gasteiger partial charge >= 0.3 is 0 Å². The van der Waals surface area contributed by atoms with Gasteiger partial charge in [-0.3, -0.25) is 9.59 Å². The van der Waals surface area contributed by atoms with Crippen LogP contribution in [-0.2, 0) is 9.59 Å². The Kier molecular flexibility index (Phi) is 6.34. The molecular weight excluding hydrogens is 312 g/mol. The molecule has 132 valence electrons. The molecule has 0 aliphatic carbocycles. The van der Waals surface area contributed by atoms with Crippen LogP contribution in [0.3, 0.4) is 0 Å². The van der Waals surface area contributed by atoms with Crippen molar-refractivity contribution in [1.29, 1.82) is 0 Å². The fourth-order valence-electron chi connectivity index (χ4n) is 2.81. The fraction of sp³-hybridized carbons (Fsp3) is 0.333. The van der Waals surface area contributed by atoms with Crippen LogP contribution in [0, 0.1) is 13.8 Å². The summed E-state index contributed by atoms with van der Waals surface area (Å²) in [7, 11) is 1.67. The zero-order valence-corrected chi connectivity index (χ0v) is 15.4. The summed E-state index contributed by atoms with van der Waals surface area (Å²) in [5.41, 5.74) is 3.98. The molecule has 25 heavy (non-hydrogen) atoms. The van der Waals surface area contributed by atoms with Crippen molar-refractivity contribution in [1.82, 2.24) is 4.90 Å². The van der Waals surface area contributed by atoms with Gasteiger partial charge in [0.05, 0.1) is 6.54 Å². The highest BCUT2D eigenvalue weighted by atomic mass is 16.2. The van der Waals surface area contributed by atoms with Crippen LogP contribution in [0.2, 0.25) is 0 Å². The van der Waals surface area contributed by atoms with E-state index in [1.54, 1.807) is 7.05 Å². The second kappa shape index (κ2) is 8.47. The summed E-state index contributed by atoms with van der Waals surface area (Å²) in [5.74, 6) is -0.0913. The molecule has 2 amide bonds. The molecule has 4 heteroatoms. The monoisotopic (exact) mass is 338 g/mol. The number of carbonyl (C=O) groups excluding carboxylic acids is 2. The predicted molar refractivity (Wildman–Crippen MR) is 102 cm³/mol. The molecule has 4 nitrogen and oxygen atoms in total. The van der Waals surface area contributed by atoms with Crippen molar-refractivity contribution >= 4 is 17.5 Å². The summed E-state index contributed by atoms with van der Waals surface area (Å²) >= 11 is 0. The molecule has 0 saturated carbocycles. The van der Waals surface area contributed by atoms with Gasteiger partial charge in [-0.05, 0) is 36.5 Å². The average Bonchev–Trinajstić information content (AvgIpc) is 2.59. The van der Waals surface area contributed by atoms with Crippen LogP contribution >= 0.6 is 0 Å². The lowest BCUT2D eigenvalue weighted by Gasteiger charge is -2.20. The maximum absolute atomic E-state index is 12.4. The van der Waals surface area contributed by atoms with Gasteiger partial charge in [-0.15, -0.1) is 0 Å². The number of likely N-dealkylation sites (N-methyl/N-ethyl adjacent to an activating group) is 1. The number of benzene rings is 2. The molecule has 1 unspecified atom stereocenters. The SMILES string of the molecule is Cc1cccc(C)c1NC(=O)CN(C)C(=O)CC(C)c1ccccc1. The van der Waals surface area contributed by atoms with Gasteiger partial charge in [-0.1, -0.05) is 55.5 Å². The topological polar surface area (TPSA) is 49.4 Å². The van der Waals surface area contributed by atoms with Crippen molar-refractivity contribution in [3.05, 3.63) is 65.2 Å². The number of anilines is 1. The van der Waals surface area contributed by atoms with E-state index in [9.17, 15) is 9.59 Å². The molecule has 2 rings (SSSR count). The van der Waals surface area contributed by atoms with E-state index >= 15 is 0 Å². The van der Waals surface area contributed by atoms with Crippen LogP contribution in [0.4, 0.5) is 5.69 Å². The number of rotatable bonds is 6. The summed E-state index contributed by atoms with van der Waals surface area (Å²) in [6, 6.07) is 15.8. The van der Waals surface area contributed by atoms with Crippen molar-refractivity contribution in [3.63, 3.8) is 0 Å². The number of nitrogens with zero attached hydrogens (tertiary/aromatic N) is 1.